The predicted molar refractivity (Wildman–Crippen MR) is 67.5 cm³/mol. The standard InChI is InChI=1S/C14H11F2NO2/c1-9-2-4-11(19-9)5-7-14(18)17-13-6-3-10(15)8-12(13)16/h2-8H,1H3,(H,17,18)/b7-5+. The van der Waals surface area contributed by atoms with Gasteiger partial charge in [0.05, 0.1) is 5.69 Å². The third-order valence-corrected chi connectivity index (χ3v) is 2.35. The minimum atomic E-state index is -0.824. The second kappa shape index (κ2) is 5.48. The van der Waals surface area contributed by atoms with Gasteiger partial charge in [-0.05, 0) is 37.3 Å². The van der Waals surface area contributed by atoms with E-state index in [2.05, 4.69) is 5.32 Å². The van der Waals surface area contributed by atoms with Gasteiger partial charge in [0.25, 0.3) is 0 Å². The van der Waals surface area contributed by atoms with Crippen LogP contribution in [0.3, 0.4) is 0 Å². The van der Waals surface area contributed by atoms with E-state index >= 15 is 0 Å². The number of halogens is 2. The number of carbonyl (C=O) groups is 1. The van der Waals surface area contributed by atoms with Gasteiger partial charge in [-0.25, -0.2) is 8.78 Å². The fourth-order valence-corrected chi connectivity index (χ4v) is 1.47. The van der Waals surface area contributed by atoms with Crippen molar-refractivity contribution < 1.29 is 18.0 Å². The van der Waals surface area contributed by atoms with Crippen LogP contribution in [0, 0.1) is 18.6 Å². The number of aryl methyl sites for hydroxylation is 1. The van der Waals surface area contributed by atoms with Crippen molar-refractivity contribution in [1.29, 1.82) is 0 Å². The summed E-state index contributed by atoms with van der Waals surface area (Å²) >= 11 is 0. The first-order valence-electron chi connectivity index (χ1n) is 5.55. The summed E-state index contributed by atoms with van der Waals surface area (Å²) in [6, 6.07) is 6.40. The molecule has 1 heterocycles. The van der Waals surface area contributed by atoms with Crippen molar-refractivity contribution in [3.63, 3.8) is 0 Å². The molecule has 3 nitrogen and oxygen atoms in total. The highest BCUT2D eigenvalue weighted by Crippen LogP contribution is 2.15. The maximum absolute atomic E-state index is 13.3. The fourth-order valence-electron chi connectivity index (χ4n) is 1.47. The molecule has 1 amide bonds. The van der Waals surface area contributed by atoms with Crippen molar-refractivity contribution in [2.45, 2.75) is 6.92 Å². The highest BCUT2D eigenvalue weighted by Gasteiger charge is 2.05. The van der Waals surface area contributed by atoms with Gasteiger partial charge in [0, 0.05) is 12.1 Å². The number of furan rings is 1. The number of carbonyl (C=O) groups excluding carboxylic acids is 1. The Labute approximate surface area is 108 Å². The van der Waals surface area contributed by atoms with Crippen molar-refractivity contribution in [1.82, 2.24) is 0 Å². The highest BCUT2D eigenvalue weighted by molar-refractivity contribution is 6.01. The normalized spacial score (nSPS) is 10.9. The Morgan fingerprint density at radius 3 is 2.68 bits per heavy atom. The number of amides is 1. The van der Waals surface area contributed by atoms with E-state index in [0.29, 0.717) is 11.8 Å². The molecule has 2 rings (SSSR count). The maximum atomic E-state index is 13.3. The Morgan fingerprint density at radius 2 is 2.05 bits per heavy atom. The van der Waals surface area contributed by atoms with Gasteiger partial charge in [0.1, 0.15) is 23.2 Å². The lowest BCUT2D eigenvalue weighted by atomic mass is 10.3. The van der Waals surface area contributed by atoms with E-state index in [4.69, 9.17) is 4.42 Å². The van der Waals surface area contributed by atoms with Gasteiger partial charge < -0.3 is 9.73 Å². The van der Waals surface area contributed by atoms with Crippen LogP contribution in [-0.2, 0) is 4.79 Å². The van der Waals surface area contributed by atoms with Crippen molar-refractivity contribution in [2.75, 3.05) is 5.32 Å². The number of nitrogens with one attached hydrogen (secondary N) is 1. The Kier molecular flexibility index (Phi) is 3.75. The SMILES string of the molecule is Cc1ccc(/C=C/C(=O)Nc2ccc(F)cc2F)o1. The molecule has 0 atom stereocenters. The van der Waals surface area contributed by atoms with Crippen LogP contribution in [0.4, 0.5) is 14.5 Å². The molecule has 2 aromatic rings. The predicted octanol–water partition coefficient (Wildman–Crippen LogP) is 3.52. The second-order valence-corrected chi connectivity index (χ2v) is 3.90. The molecule has 1 aromatic carbocycles. The van der Waals surface area contributed by atoms with Gasteiger partial charge in [-0.1, -0.05) is 0 Å². The first-order valence-corrected chi connectivity index (χ1v) is 5.55. The van der Waals surface area contributed by atoms with Crippen LogP contribution in [0.5, 0.6) is 0 Å². The molecule has 0 aliphatic heterocycles. The lowest BCUT2D eigenvalue weighted by Gasteiger charge is -2.03. The first-order chi connectivity index (χ1) is 9.04. The summed E-state index contributed by atoms with van der Waals surface area (Å²) in [5.74, 6) is -0.802. The Bertz CT molecular complexity index is 632. The van der Waals surface area contributed by atoms with E-state index in [0.717, 1.165) is 17.9 Å². The number of anilines is 1. The monoisotopic (exact) mass is 263 g/mol. The summed E-state index contributed by atoms with van der Waals surface area (Å²) in [6.07, 6.45) is 2.67. The van der Waals surface area contributed by atoms with Crippen molar-refractivity contribution >= 4 is 17.7 Å². The van der Waals surface area contributed by atoms with E-state index in [1.165, 1.54) is 12.2 Å². The fraction of sp³-hybridized carbons (Fsp3) is 0.0714. The molecule has 0 unspecified atom stereocenters. The molecule has 1 N–H and O–H groups in total. The van der Waals surface area contributed by atoms with E-state index in [1.54, 1.807) is 19.1 Å². The Balaban J connectivity index is 2.03. The largest absolute Gasteiger partial charge is 0.462 e. The Morgan fingerprint density at radius 1 is 1.26 bits per heavy atom. The zero-order chi connectivity index (χ0) is 13.8. The number of hydrogen-bond donors (Lipinski definition) is 1. The van der Waals surface area contributed by atoms with Crippen LogP contribution in [0.2, 0.25) is 0 Å². The molecular weight excluding hydrogens is 252 g/mol. The molecular formula is C14H11F2NO2. The van der Waals surface area contributed by atoms with Crippen LogP contribution < -0.4 is 5.32 Å². The first kappa shape index (κ1) is 13.0. The van der Waals surface area contributed by atoms with Crippen LogP contribution in [0.25, 0.3) is 6.08 Å². The molecule has 0 aliphatic rings. The summed E-state index contributed by atoms with van der Waals surface area (Å²) in [7, 11) is 0. The second-order valence-electron chi connectivity index (χ2n) is 3.90. The summed E-state index contributed by atoms with van der Waals surface area (Å²) in [5, 5.41) is 2.31. The zero-order valence-electron chi connectivity index (χ0n) is 10.1. The van der Waals surface area contributed by atoms with Crippen LogP contribution in [0.1, 0.15) is 11.5 Å². The van der Waals surface area contributed by atoms with Crippen molar-refractivity contribution in [3.05, 3.63) is 59.6 Å². The van der Waals surface area contributed by atoms with Crippen LogP contribution >= 0.6 is 0 Å². The molecule has 0 radical (unpaired) electrons. The number of benzene rings is 1. The highest BCUT2D eigenvalue weighted by atomic mass is 19.1. The zero-order valence-corrected chi connectivity index (χ0v) is 10.1. The average Bonchev–Trinajstić information content (AvgIpc) is 2.76. The van der Waals surface area contributed by atoms with Crippen molar-refractivity contribution in [3.8, 4) is 0 Å². The summed E-state index contributed by atoms with van der Waals surface area (Å²) < 4.78 is 31.2. The lowest BCUT2D eigenvalue weighted by molar-refractivity contribution is -0.111. The van der Waals surface area contributed by atoms with E-state index in [9.17, 15) is 13.6 Å². The summed E-state index contributed by atoms with van der Waals surface area (Å²) in [4.78, 5) is 11.5. The van der Waals surface area contributed by atoms with E-state index < -0.39 is 17.5 Å². The summed E-state index contributed by atoms with van der Waals surface area (Å²) in [6.45, 7) is 1.78. The van der Waals surface area contributed by atoms with Gasteiger partial charge in [0.15, 0.2) is 0 Å². The smallest absolute Gasteiger partial charge is 0.248 e. The van der Waals surface area contributed by atoms with E-state index in [1.807, 2.05) is 0 Å². The molecule has 0 spiro atoms. The average molecular weight is 263 g/mol. The molecule has 0 saturated carbocycles. The van der Waals surface area contributed by atoms with Gasteiger partial charge in [-0.2, -0.15) is 0 Å². The maximum Gasteiger partial charge on any atom is 0.248 e. The Hall–Kier alpha value is -2.43. The van der Waals surface area contributed by atoms with Crippen LogP contribution in [-0.4, -0.2) is 5.91 Å². The van der Waals surface area contributed by atoms with Gasteiger partial charge in [-0.3, -0.25) is 4.79 Å². The minimum Gasteiger partial charge on any atom is -0.462 e. The minimum absolute atomic E-state index is 0.0772. The third kappa shape index (κ3) is 3.51. The molecule has 5 heteroatoms. The molecule has 98 valence electrons. The quantitative estimate of drug-likeness (QED) is 0.861. The summed E-state index contributed by atoms with van der Waals surface area (Å²) in [5.41, 5.74) is -0.0772. The topological polar surface area (TPSA) is 42.2 Å². The van der Waals surface area contributed by atoms with Gasteiger partial charge in [-0.15, -0.1) is 0 Å². The number of hydrogen-bond acceptors (Lipinski definition) is 2. The molecule has 0 fully saturated rings. The van der Waals surface area contributed by atoms with E-state index in [-0.39, 0.29) is 5.69 Å². The third-order valence-electron chi connectivity index (χ3n) is 2.35. The lowest BCUT2D eigenvalue weighted by Crippen LogP contribution is -2.09. The van der Waals surface area contributed by atoms with Gasteiger partial charge in [0.2, 0.25) is 5.91 Å². The van der Waals surface area contributed by atoms with Crippen LogP contribution in [0.15, 0.2) is 40.8 Å². The molecule has 0 bridgehead atoms. The van der Waals surface area contributed by atoms with Gasteiger partial charge >= 0.3 is 0 Å². The molecule has 19 heavy (non-hydrogen) atoms. The molecule has 0 aliphatic carbocycles. The van der Waals surface area contributed by atoms with Crippen molar-refractivity contribution in [2.24, 2.45) is 0 Å². The molecule has 1 aromatic heterocycles. The number of rotatable bonds is 3. The molecule has 0 saturated heterocycles.